The predicted octanol–water partition coefficient (Wildman–Crippen LogP) is -0.967. The molecule has 0 heterocycles. The van der Waals surface area contributed by atoms with Crippen LogP contribution in [0.1, 0.15) is 0 Å². The first kappa shape index (κ1) is 19.3. The molecule has 0 spiro atoms. The third-order valence-electron chi connectivity index (χ3n) is 1.43. The number of rotatable bonds is 1. The number of alkyl halides is 1. The number of para-hydroxylation sites is 1. The quantitative estimate of drug-likeness (QED) is 0.212. The van der Waals surface area contributed by atoms with Gasteiger partial charge in [-0.15, -0.1) is 0 Å². The average Bonchev–Trinajstić information content (AvgIpc) is 2.26. The van der Waals surface area contributed by atoms with Gasteiger partial charge in [-0.2, -0.15) is 0 Å². The molecule has 2 nitrogen and oxygen atoms in total. The van der Waals surface area contributed by atoms with E-state index < -0.39 is 0 Å². The summed E-state index contributed by atoms with van der Waals surface area (Å²) in [6.07, 6.45) is 1.82. The predicted molar refractivity (Wildman–Crippen MR) is 77.4 cm³/mol. The maximum Gasteiger partial charge on any atom is 0.306 e. The zero-order valence-corrected chi connectivity index (χ0v) is 15.4. The van der Waals surface area contributed by atoms with Gasteiger partial charge in [-0.05, 0) is 51.0 Å². The van der Waals surface area contributed by atoms with Gasteiger partial charge in [-0.3, -0.25) is 5.73 Å². The molecule has 7 heteroatoms. The number of benzene rings is 1. The van der Waals surface area contributed by atoms with E-state index in [1.165, 1.54) is 17.8 Å². The Hall–Kier alpha value is 0.910. The second-order valence-corrected chi connectivity index (χ2v) is 3.99. The molecule has 1 aromatic carbocycles. The van der Waals surface area contributed by atoms with Crippen LogP contribution >= 0.6 is 50.3 Å². The van der Waals surface area contributed by atoms with Crippen LogP contribution in [0.4, 0.5) is 10.1 Å². The summed E-state index contributed by atoms with van der Waals surface area (Å²) < 4.78 is 13.8. The maximum atomic E-state index is 13.2. The van der Waals surface area contributed by atoms with Crippen LogP contribution in [-0.4, -0.2) is 16.4 Å². The second kappa shape index (κ2) is 11.0. The summed E-state index contributed by atoms with van der Waals surface area (Å²) >= 11 is 6.71. The maximum absolute atomic E-state index is 13.2. The monoisotopic (exact) mass is 532 g/mol. The van der Waals surface area contributed by atoms with Crippen LogP contribution in [0, 0.1) is 5.82 Å². The van der Waals surface area contributed by atoms with Gasteiger partial charge < -0.3 is 24.0 Å². The highest BCUT2D eigenvalue weighted by molar-refractivity contribution is 14.1. The molecule has 1 rings (SSSR count). The number of thioether (sulfide) groups is 1. The lowest BCUT2D eigenvalue weighted by Crippen LogP contribution is -3.00. The highest BCUT2D eigenvalue weighted by atomic mass is 127. The average molecular weight is 533 g/mol. The van der Waals surface area contributed by atoms with Crippen LogP contribution < -0.4 is 34.7 Å². The van der Waals surface area contributed by atoms with E-state index in [2.05, 4.69) is 43.5 Å². The van der Waals surface area contributed by atoms with Crippen LogP contribution in [0.2, 0.25) is 0 Å². The van der Waals surface area contributed by atoms with Crippen LogP contribution in [0.3, 0.4) is 0 Å². The molecule has 0 aromatic heterocycles. The fourth-order valence-electron chi connectivity index (χ4n) is 0.791. The standard InChI is InChI=1S/C8H8BrFN2S.CH3I.HI/c1-13-8(11)12-7-5(9)3-2-4-6(7)10;1-2;/h2-4H,1H3,(H2,11,12);1H3;1H. The molecule has 0 bridgehead atoms. The topological polar surface area (TPSA) is 40.0 Å². The van der Waals surface area contributed by atoms with E-state index in [9.17, 15) is 4.39 Å². The molecule has 3 N–H and O–H groups in total. The lowest BCUT2D eigenvalue weighted by Gasteiger charge is -1.97. The van der Waals surface area contributed by atoms with E-state index in [4.69, 9.17) is 5.73 Å². The lowest BCUT2D eigenvalue weighted by atomic mass is 10.3. The molecule has 0 amide bonds. The van der Waals surface area contributed by atoms with Gasteiger partial charge in [-0.1, -0.05) is 28.7 Å². The normalized spacial score (nSPS) is 9.94. The highest BCUT2D eigenvalue weighted by Crippen LogP contribution is 2.19. The summed E-state index contributed by atoms with van der Waals surface area (Å²) in [6.45, 7) is 0. The minimum atomic E-state index is -0.327. The molecule has 16 heavy (non-hydrogen) atoms. The Morgan fingerprint density at radius 1 is 1.50 bits per heavy atom. The summed E-state index contributed by atoms with van der Waals surface area (Å²) in [7, 11) is 0. The summed E-state index contributed by atoms with van der Waals surface area (Å²) in [5.41, 5.74) is 5.89. The first-order chi connectivity index (χ1) is 7.15. The van der Waals surface area contributed by atoms with Gasteiger partial charge in [0.05, 0.1) is 4.47 Å². The summed E-state index contributed by atoms with van der Waals surface area (Å²) in [5, 5.41) is 0.464. The van der Waals surface area contributed by atoms with Gasteiger partial charge in [-0.25, -0.2) is 9.38 Å². The van der Waals surface area contributed by atoms with Crippen LogP contribution in [0.15, 0.2) is 22.7 Å². The summed E-state index contributed by atoms with van der Waals surface area (Å²) in [6, 6.07) is 4.75. The van der Waals surface area contributed by atoms with Crippen molar-refractivity contribution in [2.45, 2.75) is 0 Å². The van der Waals surface area contributed by atoms with E-state index in [1.807, 2.05) is 11.2 Å². The molecule has 0 fully saturated rings. The fourth-order valence-corrected chi connectivity index (χ4v) is 1.44. The minimum Gasteiger partial charge on any atom is -1.00 e. The Kier molecular flexibility index (Phi) is 13.3. The smallest absolute Gasteiger partial charge is 0.306 e. The molecule has 0 unspecified atom stereocenters. The van der Waals surface area contributed by atoms with Crippen molar-refractivity contribution >= 4 is 61.1 Å². The highest BCUT2D eigenvalue weighted by Gasteiger charge is 2.08. The molecule has 0 aliphatic heterocycles. The van der Waals surface area contributed by atoms with Crippen molar-refractivity contribution in [1.82, 2.24) is 0 Å². The molecule has 0 aliphatic carbocycles. The lowest BCUT2D eigenvalue weighted by molar-refractivity contribution is -0.355. The Balaban J connectivity index is 0. The van der Waals surface area contributed by atoms with Crippen LogP contribution in [-0.2, 0) is 0 Å². The number of nitrogens with two attached hydrogens (primary N) is 1. The van der Waals surface area contributed by atoms with Crippen LogP contribution in [0.5, 0.6) is 0 Å². The molecule has 92 valence electrons. The third-order valence-corrected chi connectivity index (χ3v) is 2.63. The molecule has 0 saturated heterocycles. The second-order valence-electron chi connectivity index (χ2n) is 2.29. The number of amidine groups is 1. The molecular weight excluding hydrogens is 521 g/mol. The van der Waals surface area contributed by atoms with Crippen molar-refractivity contribution in [2.24, 2.45) is 5.73 Å². The van der Waals surface area contributed by atoms with Gasteiger partial charge in [0.25, 0.3) is 0 Å². The summed E-state index contributed by atoms with van der Waals surface area (Å²) in [5.74, 6) is -0.327. The van der Waals surface area contributed by atoms with Gasteiger partial charge in [0.2, 0.25) is 0 Å². The Labute approximate surface area is 138 Å². The molecule has 1 aromatic rings. The van der Waals surface area contributed by atoms with E-state index >= 15 is 0 Å². The molecular formula is C9H12BrFI2N2S. The zero-order chi connectivity index (χ0) is 11.8. The van der Waals surface area contributed by atoms with Crippen molar-refractivity contribution in [1.29, 1.82) is 0 Å². The first-order valence-corrected chi connectivity index (χ1v) is 8.08. The Bertz CT molecular complexity index is 330. The molecule has 0 saturated carbocycles. The van der Waals surface area contributed by atoms with Gasteiger partial charge in [0.1, 0.15) is 0 Å². The third kappa shape index (κ3) is 6.60. The summed E-state index contributed by atoms with van der Waals surface area (Å²) in [4.78, 5) is 4.73. The first-order valence-electron chi connectivity index (χ1n) is 3.90. The van der Waals surface area contributed by atoms with Gasteiger partial charge in [0.15, 0.2) is 11.5 Å². The number of halogens is 4. The molecule has 0 atom stereocenters. The van der Waals surface area contributed by atoms with Gasteiger partial charge in [0, 0.05) is 0 Å². The van der Waals surface area contributed by atoms with Crippen molar-refractivity contribution in [3.63, 3.8) is 0 Å². The van der Waals surface area contributed by atoms with Gasteiger partial charge >= 0.3 is 5.17 Å². The van der Waals surface area contributed by atoms with Crippen molar-refractivity contribution < 1.29 is 33.4 Å². The van der Waals surface area contributed by atoms with Crippen molar-refractivity contribution in [3.8, 4) is 0 Å². The zero-order valence-electron chi connectivity index (χ0n) is 8.73. The molecule has 0 radical (unpaired) electrons. The Morgan fingerprint density at radius 2 is 2.06 bits per heavy atom. The number of nitrogens with one attached hydrogen (secondary N) is 1. The Morgan fingerprint density at radius 3 is 2.50 bits per heavy atom. The van der Waals surface area contributed by atoms with E-state index in [-0.39, 0.29) is 29.8 Å². The van der Waals surface area contributed by atoms with Crippen LogP contribution in [0.25, 0.3) is 0 Å². The largest absolute Gasteiger partial charge is 1.00 e. The van der Waals surface area contributed by atoms with E-state index in [0.29, 0.717) is 15.3 Å². The fraction of sp³-hybridized carbons (Fsp3) is 0.222. The minimum absolute atomic E-state index is 0. The number of hydrogen-bond acceptors (Lipinski definition) is 1. The van der Waals surface area contributed by atoms with Crippen molar-refractivity contribution in [3.05, 3.63) is 28.5 Å². The number of hydrogen-bond donors (Lipinski definition) is 2. The van der Waals surface area contributed by atoms with E-state index in [1.54, 1.807) is 12.1 Å². The van der Waals surface area contributed by atoms with E-state index in [0.717, 1.165) is 0 Å². The molecule has 0 aliphatic rings. The van der Waals surface area contributed by atoms with Crippen molar-refractivity contribution in [2.75, 3.05) is 11.2 Å². The SMILES string of the molecule is CI.CSC(N)=[NH+]c1c(F)cccc1Br.[I-].